The van der Waals surface area contributed by atoms with Crippen LogP contribution < -0.4 is 5.32 Å². The van der Waals surface area contributed by atoms with Crippen molar-refractivity contribution in [3.8, 4) is 0 Å². The molecule has 0 bridgehead atoms. The first-order chi connectivity index (χ1) is 12.1. The highest BCUT2D eigenvalue weighted by Gasteiger charge is 2.23. The lowest BCUT2D eigenvalue weighted by Gasteiger charge is -2.20. The molecule has 1 atom stereocenters. The highest BCUT2D eigenvalue weighted by Crippen LogP contribution is 2.27. The number of amides is 1. The first-order valence-electron chi connectivity index (χ1n) is 8.85. The van der Waals surface area contributed by atoms with E-state index >= 15 is 0 Å². The van der Waals surface area contributed by atoms with Crippen LogP contribution in [0.2, 0.25) is 5.02 Å². The van der Waals surface area contributed by atoms with E-state index in [9.17, 15) is 13.2 Å². The van der Waals surface area contributed by atoms with Crippen LogP contribution in [0.1, 0.15) is 41.0 Å². The summed E-state index contributed by atoms with van der Waals surface area (Å²) in [6.07, 6.45) is 0.198. The van der Waals surface area contributed by atoms with Crippen LogP contribution in [-0.2, 0) is 19.6 Å². The quantitative estimate of drug-likeness (QED) is 0.644. The van der Waals surface area contributed by atoms with Crippen molar-refractivity contribution in [2.45, 2.75) is 52.0 Å². The van der Waals surface area contributed by atoms with E-state index in [1.165, 1.54) is 22.5 Å². The third-order valence-electron chi connectivity index (χ3n) is 3.97. The van der Waals surface area contributed by atoms with E-state index in [0.29, 0.717) is 25.6 Å². The van der Waals surface area contributed by atoms with Crippen LogP contribution in [0.5, 0.6) is 0 Å². The molecular weight excluding hydrogens is 376 g/mol. The second kappa shape index (κ2) is 10.3. The second-order valence-corrected chi connectivity index (χ2v) is 8.76. The Morgan fingerprint density at radius 2 is 1.85 bits per heavy atom. The van der Waals surface area contributed by atoms with Gasteiger partial charge in [0.25, 0.3) is 5.91 Å². The van der Waals surface area contributed by atoms with Crippen LogP contribution in [0.25, 0.3) is 0 Å². The summed E-state index contributed by atoms with van der Waals surface area (Å²) in [5, 5.41) is 2.93. The molecule has 0 spiro atoms. The van der Waals surface area contributed by atoms with Gasteiger partial charge in [-0.2, -0.15) is 4.31 Å². The number of anilines is 1. The average Bonchev–Trinajstić information content (AvgIpc) is 2.56. The van der Waals surface area contributed by atoms with Crippen LogP contribution >= 0.6 is 11.6 Å². The van der Waals surface area contributed by atoms with Crippen molar-refractivity contribution in [3.05, 3.63) is 23.2 Å². The number of rotatable bonds is 10. The largest absolute Gasteiger partial charge is 0.369 e. The number of hydrogen-bond donors (Lipinski definition) is 1. The first kappa shape index (κ1) is 22.9. The van der Waals surface area contributed by atoms with Crippen LogP contribution in [0.15, 0.2) is 23.1 Å². The number of sulfonamides is 1. The number of nitrogens with zero attached hydrogens (tertiary/aromatic N) is 1. The summed E-state index contributed by atoms with van der Waals surface area (Å²) in [4.78, 5) is 12.4. The maximum absolute atomic E-state index is 12.6. The van der Waals surface area contributed by atoms with Crippen LogP contribution in [-0.4, -0.2) is 44.4 Å². The first-order valence-corrected chi connectivity index (χ1v) is 10.7. The maximum atomic E-state index is 12.6. The van der Waals surface area contributed by atoms with Gasteiger partial charge in [0, 0.05) is 19.7 Å². The molecule has 148 valence electrons. The van der Waals surface area contributed by atoms with Gasteiger partial charge in [0.2, 0.25) is 10.0 Å². The maximum Gasteiger partial charge on any atom is 0.253 e. The third-order valence-corrected chi connectivity index (χ3v) is 6.35. The van der Waals surface area contributed by atoms with E-state index in [4.69, 9.17) is 16.3 Å². The van der Waals surface area contributed by atoms with Gasteiger partial charge in [-0.15, -0.1) is 0 Å². The molecule has 1 amide bonds. The zero-order valence-corrected chi connectivity index (χ0v) is 17.7. The molecule has 0 aliphatic carbocycles. The summed E-state index contributed by atoms with van der Waals surface area (Å²) < 4.78 is 32.1. The summed E-state index contributed by atoms with van der Waals surface area (Å²) in [5.41, 5.74) is 0.254. The Balaban J connectivity index is 2.92. The fourth-order valence-corrected chi connectivity index (χ4v) is 3.91. The summed E-state index contributed by atoms with van der Waals surface area (Å²) >= 11 is 6.12. The molecule has 0 heterocycles. The minimum absolute atomic E-state index is 0.0919. The summed E-state index contributed by atoms with van der Waals surface area (Å²) in [7, 11) is -3.63. The average molecular weight is 405 g/mol. The molecule has 0 radical (unpaired) electrons. The molecular formula is C18H29ClN2O4S. The van der Waals surface area contributed by atoms with Crippen molar-refractivity contribution in [2.24, 2.45) is 5.92 Å². The summed E-state index contributed by atoms with van der Waals surface area (Å²) in [6.45, 7) is 10.6. The van der Waals surface area contributed by atoms with E-state index in [1.54, 1.807) is 20.8 Å². The fourth-order valence-electron chi connectivity index (χ4n) is 2.26. The molecule has 0 saturated heterocycles. The lowest BCUT2D eigenvalue weighted by Crippen LogP contribution is -2.31. The van der Waals surface area contributed by atoms with E-state index < -0.39 is 16.1 Å². The Bertz CT molecular complexity index is 703. The summed E-state index contributed by atoms with van der Waals surface area (Å²) in [6, 6.07) is 4.29. The number of carbonyl (C=O) groups excluding carboxylic acids is 1. The number of carbonyl (C=O) groups is 1. The van der Waals surface area contributed by atoms with Gasteiger partial charge in [-0.3, -0.25) is 4.79 Å². The van der Waals surface area contributed by atoms with Gasteiger partial charge in [0.05, 0.1) is 15.6 Å². The molecule has 8 heteroatoms. The Labute approximate surface area is 161 Å². The minimum Gasteiger partial charge on any atom is -0.369 e. The second-order valence-electron chi connectivity index (χ2n) is 6.42. The van der Waals surface area contributed by atoms with Gasteiger partial charge in [-0.25, -0.2) is 8.42 Å². The lowest BCUT2D eigenvalue weighted by molar-refractivity contribution is -0.126. The van der Waals surface area contributed by atoms with Crippen LogP contribution in [0.3, 0.4) is 0 Å². The Morgan fingerprint density at radius 3 is 2.38 bits per heavy atom. The molecule has 0 aliphatic rings. The highest BCUT2D eigenvalue weighted by atomic mass is 35.5. The zero-order valence-electron chi connectivity index (χ0n) is 16.1. The van der Waals surface area contributed by atoms with Crippen molar-refractivity contribution >= 4 is 33.2 Å². The monoisotopic (exact) mass is 404 g/mol. The molecule has 1 unspecified atom stereocenters. The topological polar surface area (TPSA) is 75.7 Å². The van der Waals surface area contributed by atoms with Gasteiger partial charge in [-0.1, -0.05) is 39.3 Å². The zero-order chi connectivity index (χ0) is 19.9. The Kier molecular flexibility index (Phi) is 9.03. The van der Waals surface area contributed by atoms with E-state index in [0.717, 1.165) is 6.42 Å². The molecule has 0 aliphatic heterocycles. The predicted octanol–water partition coefficient (Wildman–Crippen LogP) is 3.76. The van der Waals surface area contributed by atoms with Crippen molar-refractivity contribution in [3.63, 3.8) is 0 Å². The van der Waals surface area contributed by atoms with Gasteiger partial charge < -0.3 is 10.1 Å². The molecule has 6 nitrogen and oxygen atoms in total. The van der Waals surface area contributed by atoms with E-state index in [-0.39, 0.29) is 21.5 Å². The Morgan fingerprint density at radius 1 is 1.23 bits per heavy atom. The molecule has 0 saturated carbocycles. The number of hydrogen-bond acceptors (Lipinski definition) is 4. The van der Waals surface area contributed by atoms with Gasteiger partial charge >= 0.3 is 0 Å². The molecule has 0 fully saturated rings. The van der Waals surface area contributed by atoms with Crippen molar-refractivity contribution in [1.29, 1.82) is 0 Å². The number of nitrogens with one attached hydrogen (secondary N) is 1. The SMILES string of the molecule is CCN(CC)S(=O)(=O)c1ccc(Cl)c(NC(=O)C(C)OCCC(C)C)c1. The standard InChI is InChI=1S/C18H29ClN2O4S/c1-6-21(7-2)26(23,24)15-8-9-16(19)17(12-15)20-18(22)14(5)25-11-10-13(3)4/h8-9,12-14H,6-7,10-11H2,1-5H3,(H,20,22). The molecule has 1 aromatic carbocycles. The number of benzene rings is 1. The van der Waals surface area contributed by atoms with Gasteiger partial charge in [0.1, 0.15) is 6.10 Å². The van der Waals surface area contributed by atoms with Crippen LogP contribution in [0.4, 0.5) is 5.69 Å². The molecule has 1 aromatic rings. The van der Waals surface area contributed by atoms with Crippen molar-refractivity contribution in [2.75, 3.05) is 25.0 Å². The Hall–Kier alpha value is -1.15. The third kappa shape index (κ3) is 6.23. The molecule has 1 rings (SSSR count). The smallest absolute Gasteiger partial charge is 0.253 e. The van der Waals surface area contributed by atoms with Gasteiger partial charge in [-0.05, 0) is 37.5 Å². The highest BCUT2D eigenvalue weighted by molar-refractivity contribution is 7.89. The van der Waals surface area contributed by atoms with Crippen molar-refractivity contribution < 1.29 is 17.9 Å². The van der Waals surface area contributed by atoms with E-state index in [2.05, 4.69) is 19.2 Å². The van der Waals surface area contributed by atoms with Crippen molar-refractivity contribution in [1.82, 2.24) is 4.31 Å². The minimum atomic E-state index is -3.63. The number of ether oxygens (including phenoxy) is 1. The predicted molar refractivity (Wildman–Crippen MR) is 105 cm³/mol. The van der Waals surface area contributed by atoms with Gasteiger partial charge in [0.15, 0.2) is 0 Å². The fraction of sp³-hybridized carbons (Fsp3) is 0.611. The number of halogens is 1. The lowest BCUT2D eigenvalue weighted by atomic mass is 10.1. The molecule has 0 aromatic heterocycles. The summed E-state index contributed by atoms with van der Waals surface area (Å²) in [5.74, 6) is 0.120. The normalized spacial score (nSPS) is 13.2. The van der Waals surface area contributed by atoms with E-state index in [1.807, 2.05) is 0 Å². The molecule has 26 heavy (non-hydrogen) atoms. The van der Waals surface area contributed by atoms with Crippen LogP contribution in [0, 0.1) is 5.92 Å². The molecule has 1 N–H and O–H groups in total.